The van der Waals surface area contributed by atoms with Crippen LogP contribution in [0.25, 0.3) is 5.69 Å². The molecule has 1 aliphatic rings. The second kappa shape index (κ2) is 14.6. The van der Waals surface area contributed by atoms with E-state index in [-0.39, 0.29) is 30.0 Å². The molecule has 48 heavy (non-hydrogen) atoms. The van der Waals surface area contributed by atoms with E-state index in [4.69, 9.17) is 25.8 Å². The summed E-state index contributed by atoms with van der Waals surface area (Å²) >= 11 is 6.36. The summed E-state index contributed by atoms with van der Waals surface area (Å²) in [7, 11) is 3.31. The Kier molecular flexibility index (Phi) is 10.5. The predicted octanol–water partition coefficient (Wildman–Crippen LogP) is 5.96. The monoisotopic (exact) mass is 675 g/mol. The number of amides is 2. The van der Waals surface area contributed by atoms with Crippen LogP contribution >= 0.6 is 11.6 Å². The zero-order chi connectivity index (χ0) is 34.6. The van der Waals surface area contributed by atoms with Crippen LogP contribution in [0.4, 0.5) is 10.5 Å². The van der Waals surface area contributed by atoms with Crippen molar-refractivity contribution in [2.75, 3.05) is 38.7 Å². The van der Waals surface area contributed by atoms with Crippen molar-refractivity contribution < 1.29 is 23.8 Å². The molecule has 12 heteroatoms. The predicted molar refractivity (Wildman–Crippen MR) is 185 cm³/mol. The number of benzene rings is 3. The van der Waals surface area contributed by atoms with Gasteiger partial charge in [-0.3, -0.25) is 19.2 Å². The van der Waals surface area contributed by atoms with E-state index in [1.165, 1.54) is 4.68 Å². The van der Waals surface area contributed by atoms with Crippen molar-refractivity contribution in [2.24, 2.45) is 7.05 Å². The lowest BCUT2D eigenvalue weighted by molar-refractivity contribution is -0.118. The summed E-state index contributed by atoms with van der Waals surface area (Å²) in [5.41, 5.74) is 2.53. The number of aromatic nitrogens is 2. The third-order valence-corrected chi connectivity index (χ3v) is 8.40. The molecule has 2 amide bonds. The number of hydrogen-bond donors (Lipinski definition) is 1. The quantitative estimate of drug-likeness (QED) is 0.233. The molecule has 1 aliphatic heterocycles. The van der Waals surface area contributed by atoms with Crippen LogP contribution in [0.1, 0.15) is 43.6 Å². The van der Waals surface area contributed by atoms with E-state index in [9.17, 15) is 14.4 Å². The number of ether oxygens (including phenoxy) is 3. The first-order valence-electron chi connectivity index (χ1n) is 15.8. The third kappa shape index (κ3) is 8.03. The number of carbonyl (C=O) groups excluding carboxylic acids is 2. The Morgan fingerprint density at radius 1 is 0.979 bits per heavy atom. The number of methoxy groups -OCH3 is 1. The molecular formula is C36H42ClN5O6. The lowest BCUT2D eigenvalue weighted by Crippen LogP contribution is -2.51. The van der Waals surface area contributed by atoms with Crippen LogP contribution in [0.15, 0.2) is 77.6 Å². The van der Waals surface area contributed by atoms with Gasteiger partial charge >= 0.3 is 6.09 Å². The highest BCUT2D eigenvalue weighted by molar-refractivity contribution is 6.30. The number of para-hydroxylation sites is 1. The number of anilines is 1. The van der Waals surface area contributed by atoms with Crippen molar-refractivity contribution in [1.29, 1.82) is 0 Å². The van der Waals surface area contributed by atoms with Crippen molar-refractivity contribution in [3.8, 4) is 17.2 Å². The van der Waals surface area contributed by atoms with Gasteiger partial charge in [0.15, 0.2) is 18.1 Å². The fraction of sp³-hybridized carbons (Fsp3) is 0.361. The summed E-state index contributed by atoms with van der Waals surface area (Å²) in [6.07, 6.45) is -0.342. The number of rotatable bonds is 9. The fourth-order valence-corrected chi connectivity index (χ4v) is 5.93. The molecule has 11 nitrogen and oxygen atoms in total. The molecule has 1 atom stereocenters. The van der Waals surface area contributed by atoms with Crippen molar-refractivity contribution in [1.82, 2.24) is 19.2 Å². The van der Waals surface area contributed by atoms with E-state index in [0.29, 0.717) is 54.1 Å². The highest BCUT2D eigenvalue weighted by Crippen LogP contribution is 2.33. The molecular weight excluding hydrogens is 634 g/mol. The van der Waals surface area contributed by atoms with E-state index in [2.05, 4.69) is 10.2 Å². The van der Waals surface area contributed by atoms with E-state index in [1.54, 1.807) is 36.7 Å². The van der Waals surface area contributed by atoms with E-state index < -0.39 is 11.5 Å². The first kappa shape index (κ1) is 34.6. The number of carbonyl (C=O) groups is 2. The van der Waals surface area contributed by atoms with Gasteiger partial charge in [-0.15, -0.1) is 0 Å². The number of nitrogens with one attached hydrogen (secondary N) is 1. The maximum absolute atomic E-state index is 13.2. The zero-order valence-electron chi connectivity index (χ0n) is 28.2. The zero-order valence-corrected chi connectivity index (χ0v) is 28.9. The number of nitrogens with zero attached hydrogens (tertiary/aromatic N) is 4. The van der Waals surface area contributed by atoms with Gasteiger partial charge in [-0.1, -0.05) is 48.0 Å². The van der Waals surface area contributed by atoms with Crippen LogP contribution in [-0.2, 0) is 23.1 Å². The molecule has 2 heterocycles. The van der Waals surface area contributed by atoms with E-state index in [1.807, 2.05) is 87.5 Å². The lowest BCUT2D eigenvalue weighted by Gasteiger charge is -2.42. The summed E-state index contributed by atoms with van der Waals surface area (Å²) in [5.74, 6) is 0.387. The molecule has 5 rings (SSSR count). The average molecular weight is 676 g/mol. The molecule has 4 aromatic rings. The average Bonchev–Trinajstić information content (AvgIpc) is 3.26. The summed E-state index contributed by atoms with van der Waals surface area (Å²) in [6.45, 7) is 9.16. The topological polar surface area (TPSA) is 107 Å². The van der Waals surface area contributed by atoms with Crippen molar-refractivity contribution in [3.63, 3.8) is 0 Å². The molecule has 1 fully saturated rings. The van der Waals surface area contributed by atoms with Gasteiger partial charge in [0.25, 0.3) is 11.5 Å². The maximum Gasteiger partial charge on any atom is 0.410 e. The van der Waals surface area contributed by atoms with Crippen LogP contribution in [0.5, 0.6) is 11.5 Å². The molecule has 0 saturated carbocycles. The van der Waals surface area contributed by atoms with Gasteiger partial charge < -0.3 is 24.4 Å². The molecule has 0 spiro atoms. The summed E-state index contributed by atoms with van der Waals surface area (Å²) in [6, 6.07) is 22.3. The van der Waals surface area contributed by atoms with Crippen molar-refractivity contribution >= 4 is 29.3 Å². The molecule has 1 aromatic heterocycles. The minimum Gasteiger partial charge on any atom is -0.493 e. The minimum absolute atomic E-state index is 0.122. The summed E-state index contributed by atoms with van der Waals surface area (Å²) in [4.78, 5) is 43.1. The molecule has 0 radical (unpaired) electrons. The molecule has 0 bridgehead atoms. The second-order valence-corrected chi connectivity index (χ2v) is 13.2. The number of halogens is 1. The third-order valence-electron chi connectivity index (χ3n) is 8.17. The number of piperazine rings is 1. The smallest absolute Gasteiger partial charge is 0.410 e. The highest BCUT2D eigenvalue weighted by Gasteiger charge is 2.33. The first-order chi connectivity index (χ1) is 22.8. The molecule has 0 aliphatic carbocycles. The fourth-order valence-electron chi connectivity index (χ4n) is 5.73. The molecule has 1 N–H and O–H groups in total. The Hall–Kier alpha value is -4.74. The molecule has 1 unspecified atom stereocenters. The van der Waals surface area contributed by atoms with Crippen molar-refractivity contribution in [2.45, 2.75) is 45.9 Å². The van der Waals surface area contributed by atoms with Gasteiger partial charge in [-0.2, -0.15) is 0 Å². The standard InChI is InChI=1S/C36H42ClN5O6/c1-24-33(34(44)42(39(24)5)28-13-8-7-9-14-28)38-32(43)23-47-30-16-15-25(19-31(30)46-6)21-40-17-18-41(35(45)48-36(2,3)4)22-29(40)26-11-10-12-27(37)20-26/h7-16,19-20,29H,17-18,21-23H2,1-6H3,(H,38,43). The molecule has 254 valence electrons. The van der Waals surface area contributed by atoms with Gasteiger partial charge in [0.05, 0.1) is 24.5 Å². The van der Waals surface area contributed by atoms with Gasteiger partial charge in [-0.05, 0) is 75.2 Å². The Balaban J connectivity index is 1.27. The maximum atomic E-state index is 13.2. The van der Waals surface area contributed by atoms with Gasteiger partial charge in [0.2, 0.25) is 0 Å². The SMILES string of the molecule is COc1cc(CN2CCN(C(=O)OC(C)(C)C)CC2c2cccc(Cl)c2)ccc1OCC(=O)Nc1c(C)n(C)n(-c2ccccc2)c1=O. The summed E-state index contributed by atoms with van der Waals surface area (Å²) in [5, 5.41) is 3.34. The van der Waals surface area contributed by atoms with E-state index >= 15 is 0 Å². The number of hydrogen-bond acceptors (Lipinski definition) is 7. The van der Waals surface area contributed by atoms with Crippen LogP contribution in [0.2, 0.25) is 5.02 Å². The Bertz CT molecular complexity index is 1830. The van der Waals surface area contributed by atoms with Gasteiger partial charge in [0.1, 0.15) is 11.3 Å². The van der Waals surface area contributed by atoms with E-state index in [0.717, 1.165) is 11.1 Å². The minimum atomic E-state index is -0.592. The highest BCUT2D eigenvalue weighted by atomic mass is 35.5. The van der Waals surface area contributed by atoms with Gasteiger partial charge in [-0.25, -0.2) is 9.48 Å². The normalized spacial score (nSPS) is 15.2. The van der Waals surface area contributed by atoms with Crippen LogP contribution in [0, 0.1) is 6.92 Å². The van der Waals surface area contributed by atoms with Crippen molar-refractivity contribution in [3.05, 3.63) is 105 Å². The Morgan fingerprint density at radius 3 is 2.42 bits per heavy atom. The van der Waals surface area contributed by atoms with Gasteiger partial charge in [0, 0.05) is 38.2 Å². The Labute approximate surface area is 285 Å². The molecule has 3 aromatic carbocycles. The largest absolute Gasteiger partial charge is 0.493 e. The van der Waals surface area contributed by atoms with Crippen LogP contribution in [0.3, 0.4) is 0 Å². The van der Waals surface area contributed by atoms with Crippen LogP contribution < -0.4 is 20.3 Å². The Morgan fingerprint density at radius 2 is 1.73 bits per heavy atom. The van der Waals surface area contributed by atoms with Crippen LogP contribution in [-0.4, -0.2) is 70.1 Å². The second-order valence-electron chi connectivity index (χ2n) is 12.7. The molecule has 1 saturated heterocycles. The lowest BCUT2D eigenvalue weighted by atomic mass is 10.0. The summed E-state index contributed by atoms with van der Waals surface area (Å²) < 4.78 is 20.3. The first-order valence-corrected chi connectivity index (χ1v) is 16.1.